The number of urea groups is 1. The standard InChI is InChI=1S/C25H33N3O3/c29-25(28-15-7-10-23(19-28)27-13-4-5-14-27)26-22-9-6-8-21(18-22)20-30-16-17-31-24-11-2-1-3-12-24/h1-3,6,8-9,11-12,18,23H,4-5,7,10,13-17,19-20H2,(H,26,29). The number of anilines is 1. The number of benzene rings is 2. The molecule has 166 valence electrons. The minimum absolute atomic E-state index is 0.00164. The van der Waals surface area contributed by atoms with E-state index < -0.39 is 0 Å². The fraction of sp³-hybridized carbons (Fsp3) is 0.480. The number of hydrogen-bond acceptors (Lipinski definition) is 4. The summed E-state index contributed by atoms with van der Waals surface area (Å²) in [7, 11) is 0. The highest BCUT2D eigenvalue weighted by Gasteiger charge is 2.29. The van der Waals surface area contributed by atoms with E-state index in [0.717, 1.165) is 36.5 Å². The summed E-state index contributed by atoms with van der Waals surface area (Å²) in [6, 6.07) is 18.1. The summed E-state index contributed by atoms with van der Waals surface area (Å²) in [6.45, 7) is 5.53. The van der Waals surface area contributed by atoms with Crippen LogP contribution in [-0.2, 0) is 11.3 Å². The van der Waals surface area contributed by atoms with E-state index in [9.17, 15) is 4.79 Å². The summed E-state index contributed by atoms with van der Waals surface area (Å²) in [4.78, 5) is 17.3. The van der Waals surface area contributed by atoms with Crippen LogP contribution in [0.5, 0.6) is 5.75 Å². The Labute approximate surface area is 185 Å². The molecule has 2 amide bonds. The van der Waals surface area contributed by atoms with Crippen molar-refractivity contribution in [3.63, 3.8) is 0 Å². The third kappa shape index (κ3) is 6.45. The predicted octanol–water partition coefficient (Wildman–Crippen LogP) is 4.37. The zero-order valence-corrected chi connectivity index (χ0v) is 18.2. The molecule has 31 heavy (non-hydrogen) atoms. The third-order valence-electron chi connectivity index (χ3n) is 6.03. The van der Waals surface area contributed by atoms with Crippen molar-refractivity contribution in [2.75, 3.05) is 44.7 Å². The lowest BCUT2D eigenvalue weighted by Crippen LogP contribution is -2.50. The number of para-hydroxylation sites is 1. The van der Waals surface area contributed by atoms with Gasteiger partial charge in [0.05, 0.1) is 13.2 Å². The average molecular weight is 424 g/mol. The van der Waals surface area contributed by atoms with Crippen LogP contribution in [0.15, 0.2) is 54.6 Å². The van der Waals surface area contributed by atoms with Gasteiger partial charge in [-0.25, -0.2) is 4.79 Å². The van der Waals surface area contributed by atoms with E-state index in [0.29, 0.717) is 25.9 Å². The fourth-order valence-electron chi connectivity index (χ4n) is 4.41. The molecule has 0 radical (unpaired) electrons. The van der Waals surface area contributed by atoms with Crippen molar-refractivity contribution in [3.05, 3.63) is 60.2 Å². The van der Waals surface area contributed by atoms with Crippen LogP contribution in [0.25, 0.3) is 0 Å². The Hall–Kier alpha value is -2.57. The minimum Gasteiger partial charge on any atom is -0.491 e. The number of amides is 2. The number of hydrogen-bond donors (Lipinski definition) is 1. The lowest BCUT2D eigenvalue weighted by molar-refractivity contribution is 0.0889. The van der Waals surface area contributed by atoms with Crippen molar-refractivity contribution < 1.29 is 14.3 Å². The molecule has 1 unspecified atom stereocenters. The van der Waals surface area contributed by atoms with Gasteiger partial charge in [-0.2, -0.15) is 0 Å². The Morgan fingerprint density at radius 1 is 0.968 bits per heavy atom. The van der Waals surface area contributed by atoms with Crippen molar-refractivity contribution in [3.8, 4) is 5.75 Å². The maximum absolute atomic E-state index is 12.8. The van der Waals surface area contributed by atoms with Gasteiger partial charge < -0.3 is 19.7 Å². The molecule has 4 rings (SSSR count). The molecule has 0 aliphatic carbocycles. The van der Waals surface area contributed by atoms with Gasteiger partial charge in [0, 0.05) is 24.8 Å². The second-order valence-electron chi connectivity index (χ2n) is 8.33. The highest BCUT2D eigenvalue weighted by Crippen LogP contribution is 2.21. The van der Waals surface area contributed by atoms with E-state index in [2.05, 4.69) is 10.2 Å². The largest absolute Gasteiger partial charge is 0.491 e. The number of piperidine rings is 1. The first-order valence-corrected chi connectivity index (χ1v) is 11.4. The molecule has 0 spiro atoms. The Morgan fingerprint density at radius 3 is 2.65 bits per heavy atom. The first kappa shape index (κ1) is 21.7. The molecule has 0 bridgehead atoms. The maximum Gasteiger partial charge on any atom is 0.321 e. The second-order valence-corrected chi connectivity index (χ2v) is 8.33. The molecule has 1 N–H and O–H groups in total. The number of nitrogens with one attached hydrogen (secondary N) is 1. The molecule has 2 aliphatic heterocycles. The van der Waals surface area contributed by atoms with Gasteiger partial charge in [-0.1, -0.05) is 30.3 Å². The van der Waals surface area contributed by atoms with Gasteiger partial charge in [-0.3, -0.25) is 4.90 Å². The smallest absolute Gasteiger partial charge is 0.321 e. The monoisotopic (exact) mass is 423 g/mol. The summed E-state index contributed by atoms with van der Waals surface area (Å²) in [5, 5.41) is 3.07. The van der Waals surface area contributed by atoms with Gasteiger partial charge >= 0.3 is 6.03 Å². The van der Waals surface area contributed by atoms with E-state index in [1.807, 2.05) is 59.5 Å². The SMILES string of the molecule is O=C(Nc1cccc(COCCOc2ccccc2)c1)N1CCCC(N2CCCC2)C1. The Bertz CT molecular complexity index is 824. The van der Waals surface area contributed by atoms with Crippen molar-refractivity contribution in [1.82, 2.24) is 9.80 Å². The number of likely N-dealkylation sites (tertiary alicyclic amines) is 2. The van der Waals surface area contributed by atoms with Crippen LogP contribution in [-0.4, -0.2) is 61.3 Å². The molecule has 6 nitrogen and oxygen atoms in total. The lowest BCUT2D eigenvalue weighted by atomic mass is 10.0. The van der Waals surface area contributed by atoms with Crippen LogP contribution >= 0.6 is 0 Å². The molecule has 2 heterocycles. The molecular formula is C25H33N3O3. The molecule has 6 heteroatoms. The zero-order chi connectivity index (χ0) is 21.3. The van der Waals surface area contributed by atoms with Crippen LogP contribution in [0.1, 0.15) is 31.2 Å². The number of carbonyl (C=O) groups excluding carboxylic acids is 1. The Kier molecular flexibility index (Phi) is 7.80. The predicted molar refractivity (Wildman–Crippen MR) is 122 cm³/mol. The molecule has 2 saturated heterocycles. The molecule has 2 aromatic carbocycles. The van der Waals surface area contributed by atoms with Crippen molar-refractivity contribution in [1.29, 1.82) is 0 Å². The Morgan fingerprint density at radius 2 is 1.81 bits per heavy atom. The normalized spacial score (nSPS) is 19.4. The van der Waals surface area contributed by atoms with Gasteiger partial charge in [0.15, 0.2) is 0 Å². The summed E-state index contributed by atoms with van der Waals surface area (Å²) in [5.41, 5.74) is 1.85. The third-order valence-corrected chi connectivity index (χ3v) is 6.03. The van der Waals surface area contributed by atoms with Crippen LogP contribution in [0.3, 0.4) is 0 Å². The second kappa shape index (κ2) is 11.2. The van der Waals surface area contributed by atoms with E-state index in [4.69, 9.17) is 9.47 Å². The number of carbonyl (C=O) groups is 1. The van der Waals surface area contributed by atoms with Crippen molar-refractivity contribution >= 4 is 11.7 Å². The van der Waals surface area contributed by atoms with Crippen LogP contribution in [0, 0.1) is 0 Å². The topological polar surface area (TPSA) is 54.0 Å². The summed E-state index contributed by atoms with van der Waals surface area (Å²) in [5.74, 6) is 0.848. The highest BCUT2D eigenvalue weighted by atomic mass is 16.5. The van der Waals surface area contributed by atoms with Gasteiger partial charge in [0.1, 0.15) is 12.4 Å². The van der Waals surface area contributed by atoms with E-state index in [1.54, 1.807) is 0 Å². The zero-order valence-electron chi connectivity index (χ0n) is 18.2. The molecule has 2 aromatic rings. The van der Waals surface area contributed by atoms with Crippen LogP contribution < -0.4 is 10.1 Å². The summed E-state index contributed by atoms with van der Waals surface area (Å²) >= 11 is 0. The number of ether oxygens (including phenoxy) is 2. The molecule has 0 aromatic heterocycles. The number of rotatable bonds is 8. The van der Waals surface area contributed by atoms with E-state index in [-0.39, 0.29) is 6.03 Å². The molecule has 0 saturated carbocycles. The van der Waals surface area contributed by atoms with Crippen LogP contribution in [0.2, 0.25) is 0 Å². The highest BCUT2D eigenvalue weighted by molar-refractivity contribution is 5.89. The first-order chi connectivity index (χ1) is 15.3. The van der Waals surface area contributed by atoms with Gasteiger partial charge in [-0.15, -0.1) is 0 Å². The lowest BCUT2D eigenvalue weighted by Gasteiger charge is -2.37. The quantitative estimate of drug-likeness (QED) is 0.641. The molecule has 2 fully saturated rings. The van der Waals surface area contributed by atoms with Gasteiger partial charge in [0.25, 0.3) is 0 Å². The Balaban J connectivity index is 1.21. The molecule has 1 atom stereocenters. The van der Waals surface area contributed by atoms with Crippen LogP contribution in [0.4, 0.5) is 10.5 Å². The van der Waals surface area contributed by atoms with Crippen molar-refractivity contribution in [2.24, 2.45) is 0 Å². The van der Waals surface area contributed by atoms with Gasteiger partial charge in [0.2, 0.25) is 0 Å². The van der Waals surface area contributed by atoms with Gasteiger partial charge in [-0.05, 0) is 68.6 Å². The first-order valence-electron chi connectivity index (χ1n) is 11.4. The maximum atomic E-state index is 12.8. The minimum atomic E-state index is -0.00164. The van der Waals surface area contributed by atoms with E-state index in [1.165, 1.54) is 32.4 Å². The van der Waals surface area contributed by atoms with Crippen molar-refractivity contribution in [2.45, 2.75) is 38.3 Å². The molecular weight excluding hydrogens is 390 g/mol. The van der Waals surface area contributed by atoms with E-state index >= 15 is 0 Å². The number of nitrogens with zero attached hydrogens (tertiary/aromatic N) is 2. The molecule has 2 aliphatic rings. The fourth-order valence-corrected chi connectivity index (χ4v) is 4.41. The summed E-state index contributed by atoms with van der Waals surface area (Å²) < 4.78 is 11.4. The average Bonchev–Trinajstić information content (AvgIpc) is 3.35. The summed E-state index contributed by atoms with van der Waals surface area (Å²) in [6.07, 6.45) is 4.85.